The summed E-state index contributed by atoms with van der Waals surface area (Å²) >= 11 is 0. The van der Waals surface area contributed by atoms with Crippen molar-refractivity contribution >= 4 is 12.0 Å². The second-order valence-corrected chi connectivity index (χ2v) is 7.48. The van der Waals surface area contributed by atoms with Crippen LogP contribution < -0.4 is 10.6 Å². The van der Waals surface area contributed by atoms with Gasteiger partial charge in [0.1, 0.15) is 12.6 Å². The fourth-order valence-electron chi connectivity index (χ4n) is 3.32. The molecule has 1 aliphatic rings. The van der Waals surface area contributed by atoms with Gasteiger partial charge in [-0.05, 0) is 24.3 Å². The molecular weight excluding hydrogens is 328 g/mol. The molecule has 2 rings (SSSR count). The quantitative estimate of drug-likeness (QED) is 0.800. The summed E-state index contributed by atoms with van der Waals surface area (Å²) < 4.78 is 5.26. The van der Waals surface area contributed by atoms with Crippen molar-refractivity contribution in [3.8, 4) is 0 Å². The Morgan fingerprint density at radius 2 is 1.65 bits per heavy atom. The van der Waals surface area contributed by atoms with Crippen LogP contribution in [0.15, 0.2) is 30.3 Å². The molecule has 0 saturated heterocycles. The maximum absolute atomic E-state index is 12.7. The minimum Gasteiger partial charge on any atom is -0.445 e. The van der Waals surface area contributed by atoms with E-state index in [-0.39, 0.29) is 24.5 Å². The normalized spacial score (nSPS) is 17.0. The number of nitrogens with one attached hydrogen (secondary N) is 2. The average Bonchev–Trinajstić information content (AvgIpc) is 2.60. The highest BCUT2D eigenvalue weighted by molar-refractivity contribution is 5.86. The van der Waals surface area contributed by atoms with Crippen molar-refractivity contribution in [2.24, 2.45) is 5.92 Å². The van der Waals surface area contributed by atoms with Crippen molar-refractivity contribution in [2.75, 3.05) is 0 Å². The zero-order valence-corrected chi connectivity index (χ0v) is 16.0. The largest absolute Gasteiger partial charge is 0.445 e. The molecule has 1 aromatic rings. The summed E-state index contributed by atoms with van der Waals surface area (Å²) in [7, 11) is 0. The van der Waals surface area contributed by atoms with E-state index in [1.165, 1.54) is 19.3 Å². The Hall–Kier alpha value is -2.04. The van der Waals surface area contributed by atoms with Gasteiger partial charge in [-0.25, -0.2) is 4.79 Å². The van der Waals surface area contributed by atoms with E-state index in [2.05, 4.69) is 10.6 Å². The topological polar surface area (TPSA) is 67.4 Å². The smallest absolute Gasteiger partial charge is 0.408 e. The summed E-state index contributed by atoms with van der Waals surface area (Å²) in [5, 5.41) is 5.87. The molecule has 0 radical (unpaired) electrons. The molecule has 2 amide bonds. The van der Waals surface area contributed by atoms with Crippen molar-refractivity contribution in [3.63, 3.8) is 0 Å². The summed E-state index contributed by atoms with van der Waals surface area (Å²) in [6, 6.07) is 9.14. The molecule has 1 aromatic carbocycles. The van der Waals surface area contributed by atoms with Gasteiger partial charge in [0, 0.05) is 6.04 Å². The minimum absolute atomic E-state index is 0.00664. The SMILES string of the molecule is CC(C)[C@H](NC(=O)OCc1ccccc1)C(=O)NC1CCCCCCC1. The molecule has 0 aliphatic heterocycles. The fraction of sp³-hybridized carbons (Fsp3) is 0.619. The number of alkyl carbamates (subject to hydrolysis) is 1. The zero-order valence-electron chi connectivity index (χ0n) is 16.0. The van der Waals surface area contributed by atoms with Gasteiger partial charge in [-0.2, -0.15) is 0 Å². The third-order valence-corrected chi connectivity index (χ3v) is 4.89. The number of rotatable bonds is 6. The Kier molecular flexibility index (Phi) is 8.45. The molecule has 5 nitrogen and oxygen atoms in total. The standard InChI is InChI=1S/C21H32N2O3/c1-16(2)19(20(24)22-18-13-9-4-3-5-10-14-18)23-21(25)26-15-17-11-7-6-8-12-17/h6-8,11-12,16,18-19H,3-5,9-10,13-15H2,1-2H3,(H,22,24)(H,23,25)/t19-/m0/s1. The van der Waals surface area contributed by atoms with Gasteiger partial charge in [-0.15, -0.1) is 0 Å². The van der Waals surface area contributed by atoms with Crippen LogP contribution in [0.1, 0.15) is 64.4 Å². The van der Waals surface area contributed by atoms with Crippen LogP contribution in [0.4, 0.5) is 4.79 Å². The second kappa shape index (κ2) is 10.8. The number of ether oxygens (including phenoxy) is 1. The van der Waals surface area contributed by atoms with Crippen molar-refractivity contribution in [2.45, 2.75) is 77.5 Å². The number of carbonyl (C=O) groups excluding carboxylic acids is 2. The van der Waals surface area contributed by atoms with Gasteiger partial charge in [0.2, 0.25) is 5.91 Å². The van der Waals surface area contributed by atoms with Gasteiger partial charge >= 0.3 is 6.09 Å². The van der Waals surface area contributed by atoms with Crippen molar-refractivity contribution in [3.05, 3.63) is 35.9 Å². The van der Waals surface area contributed by atoms with Crippen LogP contribution >= 0.6 is 0 Å². The molecule has 1 aliphatic carbocycles. The molecule has 0 spiro atoms. The first-order valence-corrected chi connectivity index (χ1v) is 9.84. The molecule has 5 heteroatoms. The maximum atomic E-state index is 12.7. The van der Waals surface area contributed by atoms with Crippen molar-refractivity contribution in [1.82, 2.24) is 10.6 Å². The summed E-state index contributed by atoms with van der Waals surface area (Å²) in [5.74, 6) is -0.116. The van der Waals surface area contributed by atoms with E-state index in [0.717, 1.165) is 31.2 Å². The van der Waals surface area contributed by atoms with Crippen LogP contribution in [0, 0.1) is 5.92 Å². The first kappa shape index (κ1) is 20.3. The molecule has 1 atom stereocenters. The monoisotopic (exact) mass is 360 g/mol. The second-order valence-electron chi connectivity index (χ2n) is 7.48. The highest BCUT2D eigenvalue weighted by Crippen LogP contribution is 2.17. The molecule has 26 heavy (non-hydrogen) atoms. The molecule has 0 bridgehead atoms. The highest BCUT2D eigenvalue weighted by atomic mass is 16.5. The van der Waals surface area contributed by atoms with Crippen LogP contribution in [0.3, 0.4) is 0 Å². The molecule has 0 heterocycles. The van der Waals surface area contributed by atoms with Gasteiger partial charge in [0.25, 0.3) is 0 Å². The Balaban J connectivity index is 1.83. The minimum atomic E-state index is -0.580. The first-order valence-electron chi connectivity index (χ1n) is 9.84. The molecule has 0 aromatic heterocycles. The summed E-state index contributed by atoms with van der Waals surface area (Å²) in [6.45, 7) is 4.06. The van der Waals surface area contributed by atoms with Crippen LogP contribution in [0.2, 0.25) is 0 Å². The van der Waals surface area contributed by atoms with Crippen molar-refractivity contribution < 1.29 is 14.3 Å². The summed E-state index contributed by atoms with van der Waals surface area (Å²) in [4.78, 5) is 24.8. The molecule has 0 unspecified atom stereocenters. The van der Waals surface area contributed by atoms with E-state index < -0.39 is 12.1 Å². The van der Waals surface area contributed by atoms with Crippen LogP contribution in [-0.4, -0.2) is 24.1 Å². The maximum Gasteiger partial charge on any atom is 0.408 e. The Bertz CT molecular complexity index is 552. The predicted molar refractivity (Wildman–Crippen MR) is 103 cm³/mol. The molecule has 2 N–H and O–H groups in total. The summed E-state index contributed by atoms with van der Waals surface area (Å²) in [5.41, 5.74) is 0.919. The van der Waals surface area contributed by atoms with E-state index in [9.17, 15) is 9.59 Å². The lowest BCUT2D eigenvalue weighted by atomic mass is 9.95. The molecule has 144 valence electrons. The lowest BCUT2D eigenvalue weighted by Crippen LogP contribution is -2.52. The van der Waals surface area contributed by atoms with Crippen LogP contribution in [0.5, 0.6) is 0 Å². The van der Waals surface area contributed by atoms with Gasteiger partial charge in [0.05, 0.1) is 0 Å². The predicted octanol–water partition coefficient (Wildman–Crippen LogP) is 4.17. The van der Waals surface area contributed by atoms with Crippen LogP contribution in [-0.2, 0) is 16.1 Å². The third kappa shape index (κ3) is 7.06. The zero-order chi connectivity index (χ0) is 18.8. The molecule has 1 fully saturated rings. The summed E-state index contributed by atoms with van der Waals surface area (Å²) in [6.07, 6.45) is 7.58. The molecular formula is C21H32N2O3. The Morgan fingerprint density at radius 3 is 2.27 bits per heavy atom. The Morgan fingerprint density at radius 1 is 1.04 bits per heavy atom. The van der Waals surface area contributed by atoms with Gasteiger partial charge < -0.3 is 15.4 Å². The number of amides is 2. The number of hydrogen-bond donors (Lipinski definition) is 2. The number of benzene rings is 1. The van der Waals surface area contributed by atoms with E-state index in [1.807, 2.05) is 44.2 Å². The first-order chi connectivity index (χ1) is 12.6. The molecule has 1 saturated carbocycles. The average molecular weight is 360 g/mol. The lowest BCUT2D eigenvalue weighted by molar-refractivity contribution is -0.124. The van der Waals surface area contributed by atoms with E-state index >= 15 is 0 Å². The van der Waals surface area contributed by atoms with Crippen LogP contribution in [0.25, 0.3) is 0 Å². The fourth-order valence-corrected chi connectivity index (χ4v) is 3.32. The third-order valence-electron chi connectivity index (χ3n) is 4.89. The van der Waals surface area contributed by atoms with Gasteiger partial charge in [-0.1, -0.05) is 76.3 Å². The van der Waals surface area contributed by atoms with E-state index in [0.29, 0.717) is 0 Å². The van der Waals surface area contributed by atoms with Gasteiger partial charge in [0.15, 0.2) is 0 Å². The Labute approximate surface area is 156 Å². The van der Waals surface area contributed by atoms with E-state index in [4.69, 9.17) is 4.74 Å². The van der Waals surface area contributed by atoms with Gasteiger partial charge in [-0.3, -0.25) is 4.79 Å². The van der Waals surface area contributed by atoms with E-state index in [1.54, 1.807) is 0 Å². The highest BCUT2D eigenvalue weighted by Gasteiger charge is 2.26. The lowest BCUT2D eigenvalue weighted by Gasteiger charge is -2.26. The van der Waals surface area contributed by atoms with Crippen molar-refractivity contribution in [1.29, 1.82) is 0 Å². The number of carbonyl (C=O) groups is 2. The number of hydrogen-bond acceptors (Lipinski definition) is 3.